The second-order valence-corrected chi connectivity index (χ2v) is 4.48. The van der Waals surface area contributed by atoms with Gasteiger partial charge < -0.3 is 5.32 Å². The molecule has 0 aromatic rings. The number of allylic oxidation sites excluding steroid dienone is 1. The Bertz CT molecular complexity index is 203. The Balaban J connectivity index is 2.10. The van der Waals surface area contributed by atoms with E-state index >= 15 is 0 Å². The highest BCUT2D eigenvalue weighted by molar-refractivity contribution is 8.12. The van der Waals surface area contributed by atoms with E-state index in [1.54, 1.807) is 17.3 Å². The summed E-state index contributed by atoms with van der Waals surface area (Å²) in [6.07, 6.45) is 5.87. The minimum Gasteiger partial charge on any atom is -0.303 e. The Labute approximate surface area is 91.3 Å². The van der Waals surface area contributed by atoms with Crippen LogP contribution in [-0.4, -0.2) is 24.0 Å². The molecule has 80 valence electrons. The molecule has 0 aromatic carbocycles. The van der Waals surface area contributed by atoms with Gasteiger partial charge >= 0.3 is 0 Å². The van der Waals surface area contributed by atoms with E-state index in [4.69, 9.17) is 0 Å². The zero-order chi connectivity index (χ0) is 10.2. The van der Waals surface area contributed by atoms with Crippen LogP contribution in [0.5, 0.6) is 0 Å². The zero-order valence-corrected chi connectivity index (χ0v) is 9.94. The molecular formula is C11H20N2S. The number of aliphatic imine (C=N–C) groups is 1. The molecule has 14 heavy (non-hydrogen) atoms. The fourth-order valence-corrected chi connectivity index (χ4v) is 2.22. The third kappa shape index (κ3) is 4.29. The molecule has 0 radical (unpaired) electrons. The van der Waals surface area contributed by atoms with Gasteiger partial charge in [-0.25, -0.2) is 0 Å². The molecule has 1 heterocycles. The lowest BCUT2D eigenvalue weighted by Crippen LogP contribution is -2.27. The van der Waals surface area contributed by atoms with Crippen molar-refractivity contribution in [3.05, 3.63) is 11.6 Å². The van der Waals surface area contributed by atoms with Crippen LogP contribution >= 0.6 is 11.8 Å². The van der Waals surface area contributed by atoms with E-state index in [1.165, 1.54) is 12.8 Å². The largest absolute Gasteiger partial charge is 0.303 e. The van der Waals surface area contributed by atoms with Gasteiger partial charge in [0.25, 0.3) is 0 Å². The van der Waals surface area contributed by atoms with Crippen LogP contribution in [0, 0.1) is 0 Å². The van der Waals surface area contributed by atoms with Crippen molar-refractivity contribution >= 4 is 17.3 Å². The minimum atomic E-state index is 0.523. The van der Waals surface area contributed by atoms with Gasteiger partial charge in [-0.3, -0.25) is 4.99 Å². The lowest BCUT2D eigenvalue weighted by atomic mass is 10.1. The lowest BCUT2D eigenvalue weighted by Gasteiger charge is -2.10. The quantitative estimate of drug-likeness (QED) is 0.685. The molecule has 0 aliphatic carbocycles. The van der Waals surface area contributed by atoms with Crippen molar-refractivity contribution < 1.29 is 0 Å². The third-order valence-electron chi connectivity index (χ3n) is 2.34. The molecule has 1 unspecified atom stereocenters. The summed E-state index contributed by atoms with van der Waals surface area (Å²) in [6, 6.07) is 0. The van der Waals surface area contributed by atoms with E-state index in [1.807, 2.05) is 5.55 Å². The van der Waals surface area contributed by atoms with E-state index in [0.29, 0.717) is 5.37 Å². The van der Waals surface area contributed by atoms with Crippen molar-refractivity contribution in [2.45, 2.75) is 38.5 Å². The SMILES string of the molecule is CC/C=C(\CC)CCNC1CN=CS1. The monoisotopic (exact) mass is 212 g/mol. The molecule has 0 fully saturated rings. The number of thioether (sulfide) groups is 1. The van der Waals surface area contributed by atoms with Crippen LogP contribution < -0.4 is 5.32 Å². The molecule has 1 aliphatic heterocycles. The van der Waals surface area contributed by atoms with E-state index in [-0.39, 0.29) is 0 Å². The molecule has 2 nitrogen and oxygen atoms in total. The van der Waals surface area contributed by atoms with Crippen molar-refractivity contribution in [1.29, 1.82) is 0 Å². The van der Waals surface area contributed by atoms with Crippen molar-refractivity contribution in [2.24, 2.45) is 4.99 Å². The van der Waals surface area contributed by atoms with Gasteiger partial charge in [-0.05, 0) is 25.8 Å². The average molecular weight is 212 g/mol. The van der Waals surface area contributed by atoms with Gasteiger partial charge in [-0.1, -0.05) is 37.3 Å². The summed E-state index contributed by atoms with van der Waals surface area (Å²) in [5.41, 5.74) is 3.52. The maximum atomic E-state index is 4.18. The summed E-state index contributed by atoms with van der Waals surface area (Å²) in [4.78, 5) is 4.18. The summed E-state index contributed by atoms with van der Waals surface area (Å²) in [5.74, 6) is 0. The fourth-order valence-electron chi connectivity index (χ4n) is 1.52. The standard InChI is InChI=1S/C11H20N2S/c1-3-5-10(4-2)6-7-13-11-8-12-9-14-11/h5,9,11,13H,3-4,6-8H2,1-2H3/b10-5+. The van der Waals surface area contributed by atoms with Crippen molar-refractivity contribution in [1.82, 2.24) is 5.32 Å². The first-order chi connectivity index (χ1) is 6.86. The first-order valence-electron chi connectivity index (χ1n) is 5.41. The van der Waals surface area contributed by atoms with Gasteiger partial charge in [-0.2, -0.15) is 0 Å². The van der Waals surface area contributed by atoms with Gasteiger partial charge in [0.05, 0.1) is 17.5 Å². The average Bonchev–Trinajstić information content (AvgIpc) is 2.69. The zero-order valence-electron chi connectivity index (χ0n) is 9.12. The molecular weight excluding hydrogens is 192 g/mol. The lowest BCUT2D eigenvalue weighted by molar-refractivity contribution is 0.651. The van der Waals surface area contributed by atoms with E-state index in [0.717, 1.165) is 19.5 Å². The third-order valence-corrected chi connectivity index (χ3v) is 3.25. The molecule has 1 atom stereocenters. The number of hydrogen-bond acceptors (Lipinski definition) is 3. The summed E-state index contributed by atoms with van der Waals surface area (Å²) in [7, 11) is 0. The predicted molar refractivity (Wildman–Crippen MR) is 66.0 cm³/mol. The molecule has 0 saturated carbocycles. The molecule has 0 spiro atoms. The molecule has 0 saturated heterocycles. The fraction of sp³-hybridized carbons (Fsp3) is 0.727. The molecule has 0 amide bonds. The van der Waals surface area contributed by atoms with Crippen LogP contribution in [-0.2, 0) is 0 Å². The van der Waals surface area contributed by atoms with Crippen LogP contribution in [0.2, 0.25) is 0 Å². The highest BCUT2D eigenvalue weighted by atomic mass is 32.2. The highest BCUT2D eigenvalue weighted by Gasteiger charge is 2.10. The molecule has 1 aliphatic rings. The first-order valence-corrected chi connectivity index (χ1v) is 6.36. The first kappa shape index (κ1) is 11.8. The smallest absolute Gasteiger partial charge is 0.0787 e. The molecule has 1 N–H and O–H groups in total. The number of nitrogens with zero attached hydrogens (tertiary/aromatic N) is 1. The van der Waals surface area contributed by atoms with Crippen LogP contribution in [0.25, 0.3) is 0 Å². The van der Waals surface area contributed by atoms with E-state index in [2.05, 4.69) is 30.2 Å². The van der Waals surface area contributed by atoms with Gasteiger partial charge in [0.2, 0.25) is 0 Å². The summed E-state index contributed by atoms with van der Waals surface area (Å²) >= 11 is 1.79. The summed E-state index contributed by atoms with van der Waals surface area (Å²) in [6.45, 7) is 6.45. The van der Waals surface area contributed by atoms with Crippen LogP contribution in [0.1, 0.15) is 33.1 Å². The van der Waals surface area contributed by atoms with Crippen molar-refractivity contribution in [3.8, 4) is 0 Å². The normalized spacial score (nSPS) is 21.9. The Kier molecular flexibility index (Phi) is 5.96. The highest BCUT2D eigenvalue weighted by Crippen LogP contribution is 2.12. The molecule has 1 rings (SSSR count). The summed E-state index contributed by atoms with van der Waals surface area (Å²) in [5, 5.41) is 4.02. The topological polar surface area (TPSA) is 24.4 Å². The van der Waals surface area contributed by atoms with E-state index < -0.39 is 0 Å². The Morgan fingerprint density at radius 1 is 1.64 bits per heavy atom. The Morgan fingerprint density at radius 2 is 2.50 bits per heavy atom. The molecule has 3 heteroatoms. The second-order valence-electron chi connectivity index (χ2n) is 3.42. The van der Waals surface area contributed by atoms with Gasteiger partial charge in [-0.15, -0.1) is 0 Å². The number of hydrogen-bond donors (Lipinski definition) is 1. The van der Waals surface area contributed by atoms with Crippen LogP contribution in [0.15, 0.2) is 16.6 Å². The van der Waals surface area contributed by atoms with Crippen LogP contribution in [0.4, 0.5) is 0 Å². The Morgan fingerprint density at radius 3 is 3.07 bits per heavy atom. The number of rotatable bonds is 6. The summed E-state index contributed by atoms with van der Waals surface area (Å²) < 4.78 is 0. The molecule has 0 aromatic heterocycles. The predicted octanol–water partition coefficient (Wildman–Crippen LogP) is 2.81. The van der Waals surface area contributed by atoms with Gasteiger partial charge in [0.15, 0.2) is 0 Å². The van der Waals surface area contributed by atoms with Crippen molar-refractivity contribution in [3.63, 3.8) is 0 Å². The second kappa shape index (κ2) is 7.07. The molecule has 0 bridgehead atoms. The van der Waals surface area contributed by atoms with Gasteiger partial charge in [0, 0.05) is 0 Å². The minimum absolute atomic E-state index is 0.523. The maximum Gasteiger partial charge on any atom is 0.0787 e. The number of nitrogens with one attached hydrogen (secondary N) is 1. The Hall–Kier alpha value is -0.280. The van der Waals surface area contributed by atoms with Crippen molar-refractivity contribution in [2.75, 3.05) is 13.1 Å². The van der Waals surface area contributed by atoms with E-state index in [9.17, 15) is 0 Å². The van der Waals surface area contributed by atoms with Crippen LogP contribution in [0.3, 0.4) is 0 Å². The maximum absolute atomic E-state index is 4.18. The van der Waals surface area contributed by atoms with Gasteiger partial charge in [0.1, 0.15) is 0 Å².